The fraction of sp³-hybridized carbons (Fsp3) is 0.700. The van der Waals surface area contributed by atoms with E-state index in [1.54, 1.807) is 7.11 Å². The van der Waals surface area contributed by atoms with Crippen molar-refractivity contribution < 1.29 is 9.47 Å². The molecule has 2 aliphatic rings. The lowest BCUT2D eigenvalue weighted by atomic mass is 10.1. The van der Waals surface area contributed by atoms with E-state index in [0.29, 0.717) is 13.2 Å². The van der Waals surface area contributed by atoms with Gasteiger partial charge >= 0.3 is 0 Å². The van der Waals surface area contributed by atoms with E-state index in [9.17, 15) is 0 Å². The fourth-order valence-corrected chi connectivity index (χ4v) is 3.77. The van der Waals surface area contributed by atoms with Crippen LogP contribution in [-0.2, 0) is 4.74 Å². The molecule has 2 aliphatic heterocycles. The van der Waals surface area contributed by atoms with Gasteiger partial charge in [0.1, 0.15) is 12.4 Å². The topological polar surface area (TPSA) is 49.0 Å². The van der Waals surface area contributed by atoms with Gasteiger partial charge in [-0.2, -0.15) is 0 Å². The summed E-state index contributed by atoms with van der Waals surface area (Å²) < 4.78 is 11.1. The molecule has 154 valence electrons. The molecule has 0 bridgehead atoms. The molecule has 0 atom stereocenters. The molecule has 3 rings (SSSR count). The molecule has 0 aliphatic carbocycles. The molecular formula is C20H35ClN4O2. The molecule has 2 N–H and O–H groups in total. The number of ether oxygens (including phenoxy) is 2. The van der Waals surface area contributed by atoms with Crippen molar-refractivity contribution in [1.29, 1.82) is 0 Å². The summed E-state index contributed by atoms with van der Waals surface area (Å²) in [5.74, 6) is 0.921. The first-order chi connectivity index (χ1) is 12.8. The van der Waals surface area contributed by atoms with Gasteiger partial charge in [0.2, 0.25) is 0 Å². The maximum atomic E-state index is 5.94. The van der Waals surface area contributed by atoms with Gasteiger partial charge in [0.25, 0.3) is 0 Å². The molecule has 0 saturated carbocycles. The maximum absolute atomic E-state index is 5.94. The molecule has 2 fully saturated rings. The van der Waals surface area contributed by atoms with E-state index in [1.807, 2.05) is 0 Å². The number of halogens is 1. The molecule has 2 heterocycles. The number of nitrogens with zero attached hydrogens (tertiary/aromatic N) is 2. The number of hydrogen-bond donors (Lipinski definition) is 2. The number of rotatable bonds is 9. The lowest BCUT2D eigenvalue weighted by molar-refractivity contribution is 0.146. The highest BCUT2D eigenvalue weighted by atomic mass is 35.5. The highest BCUT2D eigenvalue weighted by Gasteiger charge is 2.17. The van der Waals surface area contributed by atoms with Crippen LogP contribution in [0.25, 0.3) is 0 Å². The van der Waals surface area contributed by atoms with Crippen molar-refractivity contribution in [2.45, 2.75) is 19.8 Å². The molecule has 7 heteroatoms. The first kappa shape index (κ1) is 22.1. The number of benzene rings is 1. The second kappa shape index (κ2) is 11.6. The predicted molar refractivity (Wildman–Crippen MR) is 115 cm³/mol. The van der Waals surface area contributed by atoms with Gasteiger partial charge < -0.3 is 29.9 Å². The fourth-order valence-electron chi connectivity index (χ4n) is 3.77. The van der Waals surface area contributed by atoms with Crippen LogP contribution in [0.15, 0.2) is 12.1 Å². The lowest BCUT2D eigenvalue weighted by Crippen LogP contribution is -2.43. The second-order valence-corrected chi connectivity index (χ2v) is 7.17. The minimum absolute atomic E-state index is 0. The Labute approximate surface area is 170 Å². The summed E-state index contributed by atoms with van der Waals surface area (Å²) in [6.07, 6.45) is 2.68. The molecule has 0 amide bonds. The first-order valence-corrected chi connectivity index (χ1v) is 9.96. The number of methoxy groups -OCH3 is 1. The molecule has 1 aromatic carbocycles. The minimum atomic E-state index is 0. The van der Waals surface area contributed by atoms with Crippen molar-refractivity contribution in [2.24, 2.45) is 0 Å². The summed E-state index contributed by atoms with van der Waals surface area (Å²) in [7, 11) is 1.70. The molecule has 0 unspecified atom stereocenters. The van der Waals surface area contributed by atoms with Crippen molar-refractivity contribution in [3.05, 3.63) is 17.7 Å². The van der Waals surface area contributed by atoms with Crippen LogP contribution in [0.4, 0.5) is 11.4 Å². The molecule has 27 heavy (non-hydrogen) atoms. The number of piperazine rings is 1. The molecule has 0 radical (unpaired) electrons. The molecule has 6 nitrogen and oxygen atoms in total. The Morgan fingerprint density at radius 2 is 1.81 bits per heavy atom. The Bertz CT molecular complexity index is 561. The van der Waals surface area contributed by atoms with Crippen LogP contribution >= 0.6 is 12.4 Å². The van der Waals surface area contributed by atoms with E-state index in [2.05, 4.69) is 39.5 Å². The lowest BCUT2D eigenvalue weighted by Gasteiger charge is -2.32. The third-order valence-electron chi connectivity index (χ3n) is 5.31. The largest absolute Gasteiger partial charge is 0.491 e. The average Bonchev–Trinajstić information content (AvgIpc) is 3.18. The zero-order valence-electron chi connectivity index (χ0n) is 16.8. The van der Waals surface area contributed by atoms with Gasteiger partial charge in [-0.25, -0.2) is 0 Å². The van der Waals surface area contributed by atoms with Crippen molar-refractivity contribution in [3.63, 3.8) is 0 Å². The average molecular weight is 399 g/mol. The van der Waals surface area contributed by atoms with Crippen molar-refractivity contribution in [2.75, 3.05) is 82.9 Å². The molecular weight excluding hydrogens is 364 g/mol. The smallest absolute Gasteiger partial charge is 0.123 e. The van der Waals surface area contributed by atoms with E-state index in [0.717, 1.165) is 45.0 Å². The molecule has 0 aromatic heterocycles. The van der Waals surface area contributed by atoms with Gasteiger partial charge in [-0.3, -0.25) is 0 Å². The van der Waals surface area contributed by atoms with Gasteiger partial charge in [0.05, 0.1) is 6.61 Å². The van der Waals surface area contributed by atoms with Crippen LogP contribution < -0.4 is 20.3 Å². The summed E-state index contributed by atoms with van der Waals surface area (Å²) >= 11 is 0. The Hall–Kier alpha value is -1.21. The Kier molecular flexibility index (Phi) is 9.48. The molecule has 2 saturated heterocycles. The standard InChI is InChI=1S/C20H34N4O2.ClH/c1-17-19(22-7-10-23-8-3-4-9-23)15-18(26-14-13-25-2)16-20(17)24-11-5-21-6-12-24;/h15-16,21-22H,3-14H2,1-2H3;1H. The van der Waals surface area contributed by atoms with E-state index >= 15 is 0 Å². The van der Waals surface area contributed by atoms with Gasteiger partial charge in [0, 0.05) is 69.9 Å². The maximum Gasteiger partial charge on any atom is 0.123 e. The second-order valence-electron chi connectivity index (χ2n) is 7.17. The van der Waals surface area contributed by atoms with E-state index in [-0.39, 0.29) is 12.4 Å². The summed E-state index contributed by atoms with van der Waals surface area (Å²) in [5, 5.41) is 7.08. The quantitative estimate of drug-likeness (QED) is 0.623. The molecule has 0 spiro atoms. The van der Waals surface area contributed by atoms with Crippen LogP contribution in [0.1, 0.15) is 18.4 Å². The number of hydrogen-bond acceptors (Lipinski definition) is 6. The highest BCUT2D eigenvalue weighted by Crippen LogP contribution is 2.33. The number of nitrogens with one attached hydrogen (secondary N) is 2. The summed E-state index contributed by atoms with van der Waals surface area (Å²) in [5.41, 5.74) is 3.78. The zero-order chi connectivity index (χ0) is 18.2. The van der Waals surface area contributed by atoms with Gasteiger partial charge in [-0.1, -0.05) is 0 Å². The predicted octanol–water partition coefficient (Wildman–Crippen LogP) is 2.36. The monoisotopic (exact) mass is 398 g/mol. The number of likely N-dealkylation sites (tertiary alicyclic amines) is 1. The van der Waals surface area contributed by atoms with Crippen molar-refractivity contribution in [3.8, 4) is 5.75 Å². The first-order valence-electron chi connectivity index (χ1n) is 9.96. The highest BCUT2D eigenvalue weighted by molar-refractivity contribution is 5.85. The van der Waals surface area contributed by atoms with Gasteiger partial charge in [-0.15, -0.1) is 12.4 Å². The Balaban J connectivity index is 0.00000261. The SMILES string of the molecule is COCCOc1cc(NCCN2CCCC2)c(C)c(N2CCNCC2)c1.Cl. The van der Waals surface area contributed by atoms with E-state index < -0.39 is 0 Å². The Morgan fingerprint density at radius 1 is 1.07 bits per heavy atom. The third-order valence-corrected chi connectivity index (χ3v) is 5.31. The summed E-state index contributed by atoms with van der Waals surface area (Å²) in [6, 6.07) is 4.32. The Morgan fingerprint density at radius 3 is 2.52 bits per heavy atom. The van der Waals surface area contributed by atoms with Crippen LogP contribution in [-0.4, -0.2) is 77.6 Å². The van der Waals surface area contributed by atoms with Crippen molar-refractivity contribution >= 4 is 23.8 Å². The van der Waals surface area contributed by atoms with Crippen LogP contribution in [0.3, 0.4) is 0 Å². The van der Waals surface area contributed by atoms with Crippen LogP contribution in [0, 0.1) is 6.92 Å². The zero-order valence-corrected chi connectivity index (χ0v) is 17.6. The summed E-state index contributed by atoms with van der Waals surface area (Å²) in [6.45, 7) is 12.1. The van der Waals surface area contributed by atoms with Crippen LogP contribution in [0.5, 0.6) is 5.75 Å². The number of anilines is 2. The normalized spacial score (nSPS) is 17.6. The van der Waals surface area contributed by atoms with Gasteiger partial charge in [-0.05, 0) is 38.4 Å². The van der Waals surface area contributed by atoms with E-state index in [4.69, 9.17) is 9.47 Å². The minimum Gasteiger partial charge on any atom is -0.491 e. The van der Waals surface area contributed by atoms with E-state index in [1.165, 1.54) is 42.9 Å². The van der Waals surface area contributed by atoms with Gasteiger partial charge in [0.15, 0.2) is 0 Å². The third kappa shape index (κ3) is 6.42. The molecule has 1 aromatic rings. The van der Waals surface area contributed by atoms with Crippen LogP contribution in [0.2, 0.25) is 0 Å². The summed E-state index contributed by atoms with van der Waals surface area (Å²) in [4.78, 5) is 5.00. The van der Waals surface area contributed by atoms with Crippen molar-refractivity contribution in [1.82, 2.24) is 10.2 Å².